The number of likely N-dealkylation sites (tertiary alicyclic amines) is 1. The molecule has 4 rings (SSSR count). The van der Waals surface area contributed by atoms with Crippen molar-refractivity contribution in [1.82, 2.24) is 10.2 Å². The first-order valence-corrected chi connectivity index (χ1v) is 8.82. The largest absolute Gasteiger partial charge is 0.310 e. The second-order valence-electron chi connectivity index (χ2n) is 6.84. The second kappa shape index (κ2) is 5.43. The lowest BCUT2D eigenvalue weighted by atomic mass is 10.1. The normalized spacial score (nSPS) is 29.2. The molecule has 20 heavy (non-hydrogen) atoms. The second-order valence-corrected chi connectivity index (χ2v) is 7.70. The molecule has 1 aliphatic heterocycles. The summed E-state index contributed by atoms with van der Waals surface area (Å²) >= 11 is 3.78. The average molecular weight is 335 g/mol. The summed E-state index contributed by atoms with van der Waals surface area (Å²) in [5.74, 6) is 0.987. The molecule has 1 aromatic rings. The van der Waals surface area contributed by atoms with Crippen LogP contribution in [-0.4, -0.2) is 23.5 Å². The van der Waals surface area contributed by atoms with Gasteiger partial charge in [-0.1, -0.05) is 28.1 Å². The van der Waals surface area contributed by atoms with Gasteiger partial charge in [-0.15, -0.1) is 0 Å². The number of piperidine rings is 1. The lowest BCUT2D eigenvalue weighted by molar-refractivity contribution is 0.205. The Balaban J connectivity index is 1.40. The summed E-state index contributed by atoms with van der Waals surface area (Å²) in [6.45, 7) is 3.46. The topological polar surface area (TPSA) is 15.3 Å². The highest BCUT2D eigenvalue weighted by Gasteiger charge is 2.37. The highest BCUT2D eigenvalue weighted by atomic mass is 79.9. The highest BCUT2D eigenvalue weighted by molar-refractivity contribution is 9.10. The van der Waals surface area contributed by atoms with Crippen molar-refractivity contribution < 1.29 is 0 Å². The maximum Gasteiger partial charge on any atom is 0.0247 e. The fraction of sp³-hybridized carbons (Fsp3) is 0.647. The van der Waals surface area contributed by atoms with Gasteiger partial charge in [0.05, 0.1) is 0 Å². The summed E-state index contributed by atoms with van der Waals surface area (Å²) in [6.07, 6.45) is 7.05. The molecule has 2 bridgehead atoms. The van der Waals surface area contributed by atoms with Crippen LogP contribution in [0.4, 0.5) is 0 Å². The van der Waals surface area contributed by atoms with Crippen molar-refractivity contribution in [2.75, 3.05) is 6.54 Å². The molecule has 3 heteroatoms. The first kappa shape index (κ1) is 13.3. The zero-order valence-electron chi connectivity index (χ0n) is 11.9. The van der Waals surface area contributed by atoms with Crippen LogP contribution in [0.1, 0.15) is 43.2 Å². The maximum atomic E-state index is 3.78. The van der Waals surface area contributed by atoms with Crippen LogP contribution in [0.15, 0.2) is 22.7 Å². The Morgan fingerprint density at radius 1 is 1.20 bits per heavy atom. The van der Waals surface area contributed by atoms with E-state index < -0.39 is 0 Å². The van der Waals surface area contributed by atoms with Gasteiger partial charge in [-0.2, -0.15) is 0 Å². The average Bonchev–Trinajstić information content (AvgIpc) is 3.05. The Morgan fingerprint density at radius 2 is 2.10 bits per heavy atom. The summed E-state index contributed by atoms with van der Waals surface area (Å²) in [5.41, 5.74) is 2.85. The number of nitrogens with zero attached hydrogens (tertiary/aromatic N) is 1. The molecule has 0 aromatic heterocycles. The van der Waals surface area contributed by atoms with E-state index in [0.29, 0.717) is 0 Å². The molecule has 2 nitrogen and oxygen atoms in total. The minimum atomic E-state index is 0.786. The van der Waals surface area contributed by atoms with Gasteiger partial charge < -0.3 is 5.32 Å². The van der Waals surface area contributed by atoms with Crippen LogP contribution in [0, 0.1) is 5.92 Å². The molecule has 1 heterocycles. The van der Waals surface area contributed by atoms with Crippen LogP contribution in [0.5, 0.6) is 0 Å². The van der Waals surface area contributed by atoms with Gasteiger partial charge in [0.25, 0.3) is 0 Å². The number of nitrogens with one attached hydrogen (secondary N) is 1. The van der Waals surface area contributed by atoms with Crippen LogP contribution < -0.4 is 5.32 Å². The molecular weight excluding hydrogens is 312 g/mol. The number of halogens is 1. The third kappa shape index (κ3) is 2.81. The fourth-order valence-corrected chi connectivity index (χ4v) is 4.37. The minimum Gasteiger partial charge on any atom is -0.310 e. The third-order valence-corrected chi connectivity index (χ3v) is 5.92. The molecule has 2 atom stereocenters. The van der Waals surface area contributed by atoms with E-state index in [-0.39, 0.29) is 0 Å². The van der Waals surface area contributed by atoms with Gasteiger partial charge in [-0.25, -0.2) is 0 Å². The summed E-state index contributed by atoms with van der Waals surface area (Å²) < 4.78 is 1.29. The van der Waals surface area contributed by atoms with Crippen molar-refractivity contribution in [2.24, 2.45) is 5.92 Å². The zero-order chi connectivity index (χ0) is 13.5. The van der Waals surface area contributed by atoms with Crippen LogP contribution in [-0.2, 0) is 13.1 Å². The van der Waals surface area contributed by atoms with Crippen LogP contribution in [0.25, 0.3) is 0 Å². The van der Waals surface area contributed by atoms with Gasteiger partial charge in [0.15, 0.2) is 0 Å². The summed E-state index contributed by atoms with van der Waals surface area (Å²) in [7, 11) is 0. The molecule has 0 amide bonds. The van der Waals surface area contributed by atoms with E-state index >= 15 is 0 Å². The van der Waals surface area contributed by atoms with Crippen molar-refractivity contribution in [1.29, 1.82) is 0 Å². The van der Waals surface area contributed by atoms with Crippen molar-refractivity contribution in [3.05, 3.63) is 33.8 Å². The van der Waals surface area contributed by atoms with E-state index in [4.69, 9.17) is 0 Å². The Bertz CT molecular complexity index is 498. The molecule has 1 saturated heterocycles. The first-order chi connectivity index (χ1) is 9.78. The smallest absolute Gasteiger partial charge is 0.0247 e. The molecule has 2 aliphatic carbocycles. The van der Waals surface area contributed by atoms with E-state index in [0.717, 1.165) is 31.1 Å². The Labute approximate surface area is 130 Å². The monoisotopic (exact) mass is 334 g/mol. The number of benzene rings is 1. The first-order valence-electron chi connectivity index (χ1n) is 8.02. The molecule has 1 aromatic carbocycles. The van der Waals surface area contributed by atoms with Crippen LogP contribution >= 0.6 is 15.9 Å². The lowest BCUT2D eigenvalue weighted by Crippen LogP contribution is -2.31. The quantitative estimate of drug-likeness (QED) is 0.883. The lowest BCUT2D eigenvalue weighted by Gasteiger charge is -2.27. The van der Waals surface area contributed by atoms with E-state index in [1.165, 1.54) is 54.2 Å². The minimum absolute atomic E-state index is 0.786. The molecule has 3 fully saturated rings. The molecular formula is C17H23BrN2. The summed E-state index contributed by atoms with van der Waals surface area (Å²) in [5, 5.41) is 3.58. The van der Waals surface area contributed by atoms with Crippen molar-refractivity contribution >= 4 is 15.9 Å². The number of fused-ring (bicyclic) bond motifs is 2. The Kier molecular flexibility index (Phi) is 3.61. The van der Waals surface area contributed by atoms with Gasteiger partial charge in [0, 0.05) is 36.2 Å². The molecule has 2 saturated carbocycles. The van der Waals surface area contributed by atoms with E-state index in [2.05, 4.69) is 44.3 Å². The molecule has 108 valence electrons. The zero-order valence-corrected chi connectivity index (χ0v) is 13.5. The van der Waals surface area contributed by atoms with Gasteiger partial charge in [-0.05, 0) is 55.2 Å². The predicted molar refractivity (Wildman–Crippen MR) is 85.5 cm³/mol. The van der Waals surface area contributed by atoms with Crippen LogP contribution in [0.2, 0.25) is 0 Å². The third-order valence-electron chi connectivity index (χ3n) is 5.19. The molecule has 3 aliphatic rings. The summed E-state index contributed by atoms with van der Waals surface area (Å²) in [4.78, 5) is 2.69. The number of hydrogen-bond acceptors (Lipinski definition) is 2. The van der Waals surface area contributed by atoms with E-state index in [1.807, 2.05) is 0 Å². The van der Waals surface area contributed by atoms with Crippen LogP contribution in [0.3, 0.4) is 0 Å². The number of rotatable bonds is 5. The van der Waals surface area contributed by atoms with Crippen molar-refractivity contribution in [3.8, 4) is 0 Å². The molecule has 0 spiro atoms. The Hall–Kier alpha value is -0.380. The van der Waals surface area contributed by atoms with Gasteiger partial charge in [-0.3, -0.25) is 4.90 Å². The standard InChI is InChI=1S/C17H23BrN2/c18-17-8-12(9-19-15-4-5-15)1-3-14(17)11-20-10-13-2-6-16(20)7-13/h1,3,8,13,15-16,19H,2,4-7,9-11H2. The van der Waals surface area contributed by atoms with Gasteiger partial charge in [0.2, 0.25) is 0 Å². The SMILES string of the molecule is Brc1cc(CNC2CC2)ccc1CN1CC2CCC1C2. The molecule has 2 unspecified atom stereocenters. The summed E-state index contributed by atoms with van der Waals surface area (Å²) in [6, 6.07) is 8.57. The fourth-order valence-electron chi connectivity index (χ4n) is 3.82. The molecule has 1 N–H and O–H groups in total. The predicted octanol–water partition coefficient (Wildman–Crippen LogP) is 3.69. The Morgan fingerprint density at radius 3 is 2.75 bits per heavy atom. The number of hydrogen-bond donors (Lipinski definition) is 1. The highest BCUT2D eigenvalue weighted by Crippen LogP contribution is 2.38. The van der Waals surface area contributed by atoms with Gasteiger partial charge in [0.1, 0.15) is 0 Å². The van der Waals surface area contributed by atoms with Crippen molar-refractivity contribution in [2.45, 2.75) is 57.3 Å². The molecule has 0 radical (unpaired) electrons. The van der Waals surface area contributed by atoms with Crippen molar-refractivity contribution in [3.63, 3.8) is 0 Å². The van der Waals surface area contributed by atoms with Gasteiger partial charge >= 0.3 is 0 Å². The maximum absolute atomic E-state index is 3.78. The van der Waals surface area contributed by atoms with E-state index in [9.17, 15) is 0 Å². The van der Waals surface area contributed by atoms with E-state index in [1.54, 1.807) is 0 Å².